The van der Waals surface area contributed by atoms with E-state index in [1.54, 1.807) is 36.9 Å². The number of benzene rings is 1. The second-order valence-corrected chi connectivity index (χ2v) is 8.70. The maximum atomic E-state index is 13.3. The minimum Gasteiger partial charge on any atom is -0.482 e. The Labute approximate surface area is 177 Å². The summed E-state index contributed by atoms with van der Waals surface area (Å²) in [7, 11) is 0. The molecule has 0 bridgehead atoms. The molecule has 156 valence electrons. The predicted molar refractivity (Wildman–Crippen MR) is 117 cm³/mol. The van der Waals surface area contributed by atoms with E-state index in [-0.39, 0.29) is 23.9 Å². The molecular weight excluding hydrogens is 402 g/mol. The number of Topliss-reactive ketones (excluding diaryl/α,β-unsaturated/α-hetero) is 1. The lowest BCUT2D eigenvalue weighted by Gasteiger charge is -2.29. The van der Waals surface area contributed by atoms with Crippen molar-refractivity contribution in [1.82, 2.24) is 9.55 Å². The average molecular weight is 426 g/mol. The fraction of sp³-hybridized carbons (Fsp3) is 0.364. The number of hydrogen-bond donors (Lipinski definition) is 0. The Bertz CT molecular complexity index is 1230. The summed E-state index contributed by atoms with van der Waals surface area (Å²) in [6, 6.07) is 6.16. The van der Waals surface area contributed by atoms with Crippen molar-refractivity contribution in [1.29, 1.82) is 0 Å². The Kier molecular flexibility index (Phi) is 5.19. The van der Waals surface area contributed by atoms with Crippen LogP contribution in [-0.4, -0.2) is 34.4 Å². The van der Waals surface area contributed by atoms with E-state index in [9.17, 15) is 14.4 Å². The van der Waals surface area contributed by atoms with Crippen molar-refractivity contribution in [3.8, 4) is 5.75 Å². The normalized spacial score (nSPS) is 14.5. The number of carbonyl (C=O) groups excluding carboxylic acids is 2. The van der Waals surface area contributed by atoms with Crippen molar-refractivity contribution in [3.05, 3.63) is 50.9 Å². The zero-order valence-electron chi connectivity index (χ0n) is 17.4. The lowest BCUT2D eigenvalue weighted by Crippen LogP contribution is -2.39. The molecule has 0 N–H and O–H groups in total. The van der Waals surface area contributed by atoms with Crippen molar-refractivity contribution >= 4 is 38.9 Å². The third kappa shape index (κ3) is 3.31. The maximum absolute atomic E-state index is 13.3. The largest absolute Gasteiger partial charge is 0.482 e. The molecule has 0 fully saturated rings. The Morgan fingerprint density at radius 3 is 2.77 bits per heavy atom. The first-order chi connectivity index (χ1) is 14.3. The van der Waals surface area contributed by atoms with E-state index in [1.165, 1.54) is 15.9 Å². The smallest absolute Gasteiger partial charge is 0.265 e. The lowest BCUT2D eigenvalue weighted by molar-refractivity contribution is -0.121. The van der Waals surface area contributed by atoms with Gasteiger partial charge in [-0.3, -0.25) is 19.0 Å². The highest BCUT2D eigenvalue weighted by Crippen LogP contribution is 2.34. The van der Waals surface area contributed by atoms with E-state index in [1.807, 2.05) is 19.9 Å². The van der Waals surface area contributed by atoms with E-state index in [2.05, 4.69) is 4.98 Å². The van der Waals surface area contributed by atoms with Crippen LogP contribution in [0.4, 0.5) is 5.69 Å². The van der Waals surface area contributed by atoms with Gasteiger partial charge in [0.15, 0.2) is 12.4 Å². The lowest BCUT2D eigenvalue weighted by atomic mass is 10.0. The topological polar surface area (TPSA) is 81.5 Å². The minimum absolute atomic E-state index is 0.00295. The van der Waals surface area contributed by atoms with Crippen molar-refractivity contribution in [2.75, 3.05) is 18.1 Å². The van der Waals surface area contributed by atoms with Gasteiger partial charge in [0.1, 0.15) is 16.4 Å². The quantitative estimate of drug-likeness (QED) is 0.583. The summed E-state index contributed by atoms with van der Waals surface area (Å²) in [5.41, 5.74) is 0.803. The minimum atomic E-state index is -0.729. The zero-order valence-corrected chi connectivity index (χ0v) is 18.2. The standard InChI is InChI=1S/C22H23N3O4S/c1-5-8-24-17-10-15(6-7-18(17)29-11-19(24)26)20(27)13(3)25-14(4)23-21-16(22(25)28)9-12(2)30-21/h6-7,9-10,13H,5,8,11H2,1-4H3. The summed E-state index contributed by atoms with van der Waals surface area (Å²) in [6.45, 7) is 7.91. The molecule has 0 saturated carbocycles. The highest BCUT2D eigenvalue weighted by molar-refractivity contribution is 7.18. The fourth-order valence-electron chi connectivity index (χ4n) is 3.85. The van der Waals surface area contributed by atoms with Gasteiger partial charge in [0, 0.05) is 17.0 Å². The third-order valence-electron chi connectivity index (χ3n) is 5.30. The number of nitrogens with zero attached hydrogens (tertiary/aromatic N) is 3. The highest BCUT2D eigenvalue weighted by atomic mass is 32.1. The number of thiophene rings is 1. The number of hydrogen-bond acceptors (Lipinski definition) is 6. The molecule has 3 aromatic rings. The van der Waals surface area contributed by atoms with Gasteiger partial charge in [0.25, 0.3) is 11.5 Å². The number of aryl methyl sites for hydroxylation is 2. The third-order valence-corrected chi connectivity index (χ3v) is 6.24. The molecule has 0 spiro atoms. The molecule has 2 aromatic heterocycles. The molecule has 1 amide bonds. The molecule has 1 aliphatic heterocycles. The summed E-state index contributed by atoms with van der Waals surface area (Å²) in [4.78, 5) is 46.5. The van der Waals surface area contributed by atoms with Crippen LogP contribution in [0, 0.1) is 13.8 Å². The molecular formula is C22H23N3O4S. The first-order valence-corrected chi connectivity index (χ1v) is 10.7. The molecule has 4 rings (SSSR count). The molecule has 0 saturated heterocycles. The summed E-state index contributed by atoms with van der Waals surface area (Å²) >= 11 is 1.47. The SMILES string of the molecule is CCCN1C(=O)COc2ccc(C(=O)C(C)n3c(C)nc4sc(C)cc4c3=O)cc21. The summed E-state index contributed by atoms with van der Waals surface area (Å²) in [5, 5.41) is 0.529. The van der Waals surface area contributed by atoms with Crippen molar-refractivity contribution in [2.45, 2.75) is 40.2 Å². The first-order valence-electron chi connectivity index (χ1n) is 9.92. The van der Waals surface area contributed by atoms with Gasteiger partial charge >= 0.3 is 0 Å². The number of rotatable bonds is 5. The van der Waals surface area contributed by atoms with Crippen LogP contribution in [0.1, 0.15) is 47.4 Å². The molecule has 3 heterocycles. The van der Waals surface area contributed by atoms with Crippen molar-refractivity contribution in [2.24, 2.45) is 0 Å². The van der Waals surface area contributed by atoms with Crippen LogP contribution >= 0.6 is 11.3 Å². The van der Waals surface area contributed by atoms with E-state index in [4.69, 9.17) is 4.74 Å². The second kappa shape index (κ2) is 7.68. The van der Waals surface area contributed by atoms with Crippen LogP contribution < -0.4 is 15.2 Å². The molecule has 1 unspecified atom stereocenters. The van der Waals surface area contributed by atoms with E-state index in [0.29, 0.717) is 39.6 Å². The van der Waals surface area contributed by atoms with Gasteiger partial charge in [-0.2, -0.15) is 0 Å². The van der Waals surface area contributed by atoms with Crippen LogP contribution in [0.3, 0.4) is 0 Å². The Hall–Kier alpha value is -3.00. The van der Waals surface area contributed by atoms with Crippen molar-refractivity contribution < 1.29 is 14.3 Å². The van der Waals surface area contributed by atoms with Crippen molar-refractivity contribution in [3.63, 3.8) is 0 Å². The maximum Gasteiger partial charge on any atom is 0.265 e. The number of carbonyl (C=O) groups is 2. The van der Waals surface area contributed by atoms with Gasteiger partial charge < -0.3 is 9.64 Å². The van der Waals surface area contributed by atoms with Crippen LogP contribution in [0.25, 0.3) is 10.2 Å². The van der Waals surface area contributed by atoms with E-state index < -0.39 is 6.04 Å². The molecule has 1 aliphatic rings. The molecule has 1 atom stereocenters. The van der Waals surface area contributed by atoms with Gasteiger partial charge in [0.05, 0.1) is 17.1 Å². The Balaban J connectivity index is 1.75. The highest BCUT2D eigenvalue weighted by Gasteiger charge is 2.28. The van der Waals surface area contributed by atoms with Crippen LogP contribution in [0.15, 0.2) is 29.1 Å². The predicted octanol–water partition coefficient (Wildman–Crippen LogP) is 3.65. The number of fused-ring (bicyclic) bond motifs is 2. The zero-order chi connectivity index (χ0) is 21.6. The van der Waals surface area contributed by atoms with E-state index >= 15 is 0 Å². The van der Waals surface area contributed by atoms with E-state index in [0.717, 1.165) is 11.3 Å². The van der Waals surface area contributed by atoms with Crippen LogP contribution in [-0.2, 0) is 4.79 Å². The molecule has 30 heavy (non-hydrogen) atoms. The van der Waals surface area contributed by atoms with Gasteiger partial charge in [-0.05, 0) is 51.5 Å². The second-order valence-electron chi connectivity index (χ2n) is 7.47. The van der Waals surface area contributed by atoms with Crippen LogP contribution in [0.5, 0.6) is 5.75 Å². The number of ether oxygens (including phenoxy) is 1. The number of anilines is 1. The number of aromatic nitrogens is 2. The molecule has 7 nitrogen and oxygen atoms in total. The van der Waals surface area contributed by atoms with Gasteiger partial charge in [-0.1, -0.05) is 6.92 Å². The molecule has 0 aliphatic carbocycles. The molecule has 0 radical (unpaired) electrons. The Morgan fingerprint density at radius 2 is 2.03 bits per heavy atom. The fourth-order valence-corrected chi connectivity index (χ4v) is 4.77. The average Bonchev–Trinajstić information content (AvgIpc) is 3.09. The number of amides is 1. The first kappa shape index (κ1) is 20.3. The van der Waals surface area contributed by atoms with Gasteiger partial charge in [-0.15, -0.1) is 11.3 Å². The number of ketones is 1. The molecule has 1 aromatic carbocycles. The van der Waals surface area contributed by atoms with Crippen LogP contribution in [0.2, 0.25) is 0 Å². The van der Waals surface area contributed by atoms with Gasteiger partial charge in [0.2, 0.25) is 0 Å². The molecule has 8 heteroatoms. The Morgan fingerprint density at radius 1 is 1.27 bits per heavy atom. The summed E-state index contributed by atoms with van der Waals surface area (Å²) in [6.07, 6.45) is 0.792. The summed E-state index contributed by atoms with van der Waals surface area (Å²) < 4.78 is 6.96. The van der Waals surface area contributed by atoms with Gasteiger partial charge in [-0.25, -0.2) is 4.98 Å². The summed E-state index contributed by atoms with van der Waals surface area (Å²) in [5.74, 6) is 0.735. The monoisotopic (exact) mass is 425 g/mol.